The van der Waals surface area contributed by atoms with E-state index in [4.69, 9.17) is 4.52 Å². The van der Waals surface area contributed by atoms with Gasteiger partial charge in [-0.05, 0) is 61.9 Å². The Morgan fingerprint density at radius 3 is 2.60 bits per heavy atom. The first kappa shape index (κ1) is 20.3. The number of rotatable bonds is 9. The fourth-order valence-electron chi connectivity index (χ4n) is 3.68. The van der Waals surface area contributed by atoms with E-state index in [2.05, 4.69) is 29.2 Å². The third-order valence-electron chi connectivity index (χ3n) is 5.66. The van der Waals surface area contributed by atoms with Gasteiger partial charge in [0.05, 0.1) is 0 Å². The Bertz CT molecular complexity index is 968. The summed E-state index contributed by atoms with van der Waals surface area (Å²) in [4.78, 5) is 19.4. The molecule has 2 aromatic carbocycles. The van der Waals surface area contributed by atoms with Crippen LogP contribution in [0.1, 0.15) is 44.1 Å². The Kier molecular flexibility index (Phi) is 6.21. The molecule has 0 N–H and O–H groups in total. The summed E-state index contributed by atoms with van der Waals surface area (Å²) in [7, 11) is 0. The van der Waals surface area contributed by atoms with E-state index < -0.39 is 0 Å². The van der Waals surface area contributed by atoms with E-state index in [1.165, 1.54) is 25.0 Å². The number of hydrogen-bond acceptors (Lipinski definition) is 4. The Morgan fingerprint density at radius 2 is 1.90 bits per heavy atom. The predicted molar refractivity (Wildman–Crippen MR) is 112 cm³/mol. The molecule has 1 fully saturated rings. The van der Waals surface area contributed by atoms with E-state index in [9.17, 15) is 9.18 Å². The fraction of sp³-hybridized carbons (Fsp3) is 0.375. The summed E-state index contributed by atoms with van der Waals surface area (Å²) in [6, 6.07) is 16.4. The second-order valence-corrected chi connectivity index (χ2v) is 7.96. The smallest absolute Gasteiger partial charge is 0.226 e. The highest BCUT2D eigenvalue weighted by molar-refractivity contribution is 5.76. The minimum Gasteiger partial charge on any atom is -0.339 e. The summed E-state index contributed by atoms with van der Waals surface area (Å²) in [6.45, 7) is 2.80. The second-order valence-electron chi connectivity index (χ2n) is 7.96. The fourth-order valence-corrected chi connectivity index (χ4v) is 3.68. The Labute approximate surface area is 175 Å². The lowest BCUT2D eigenvalue weighted by Gasteiger charge is -2.30. The molecule has 1 amide bonds. The van der Waals surface area contributed by atoms with Gasteiger partial charge in [-0.3, -0.25) is 4.79 Å². The molecule has 0 aliphatic heterocycles. The number of aromatic nitrogens is 2. The maximum Gasteiger partial charge on any atom is 0.226 e. The number of carbonyl (C=O) groups excluding carboxylic acids is 1. The van der Waals surface area contributed by atoms with Crippen LogP contribution in [-0.2, 0) is 17.8 Å². The van der Waals surface area contributed by atoms with E-state index in [1.54, 1.807) is 12.1 Å². The van der Waals surface area contributed by atoms with Gasteiger partial charge in [-0.1, -0.05) is 35.5 Å². The van der Waals surface area contributed by atoms with Crippen LogP contribution in [0.5, 0.6) is 0 Å². The number of halogens is 1. The number of amides is 1. The van der Waals surface area contributed by atoms with Crippen molar-refractivity contribution in [1.29, 1.82) is 0 Å². The van der Waals surface area contributed by atoms with Gasteiger partial charge in [0.25, 0.3) is 0 Å². The van der Waals surface area contributed by atoms with Gasteiger partial charge in [0, 0.05) is 31.0 Å². The normalized spacial score (nSPS) is 14.5. The van der Waals surface area contributed by atoms with Crippen LogP contribution >= 0.6 is 0 Å². The molecule has 4 rings (SSSR count). The van der Waals surface area contributed by atoms with Gasteiger partial charge in [-0.2, -0.15) is 4.98 Å². The topological polar surface area (TPSA) is 59.2 Å². The Hall–Kier alpha value is -3.02. The molecule has 0 radical (unpaired) electrons. The van der Waals surface area contributed by atoms with Gasteiger partial charge in [0.15, 0.2) is 0 Å². The number of hydrogen-bond donors (Lipinski definition) is 0. The Morgan fingerprint density at radius 1 is 1.17 bits per heavy atom. The lowest BCUT2D eigenvalue weighted by molar-refractivity contribution is -0.134. The van der Waals surface area contributed by atoms with Gasteiger partial charge < -0.3 is 9.42 Å². The SMILES string of the molecule is CC(C1CC1)N(Cc1ccccc1)C(=O)CCCc1nc(-c2ccc(F)cc2)no1. The van der Waals surface area contributed by atoms with Crippen LogP contribution in [0.4, 0.5) is 4.39 Å². The zero-order chi connectivity index (χ0) is 20.9. The summed E-state index contributed by atoms with van der Waals surface area (Å²) in [5.41, 5.74) is 1.86. The van der Waals surface area contributed by atoms with Gasteiger partial charge in [-0.25, -0.2) is 4.39 Å². The monoisotopic (exact) mass is 407 g/mol. The average Bonchev–Trinajstić information content (AvgIpc) is 3.51. The van der Waals surface area contributed by atoms with E-state index in [0.717, 1.165) is 5.56 Å². The molecule has 1 heterocycles. The van der Waals surface area contributed by atoms with Crippen LogP contribution < -0.4 is 0 Å². The standard InChI is InChI=1S/C24H26FN3O2/c1-17(19-10-11-19)28(16-18-6-3-2-4-7-18)23(29)9-5-8-22-26-24(27-30-22)20-12-14-21(25)15-13-20/h2-4,6-7,12-15,17,19H,5,8-11,16H2,1H3. The van der Waals surface area contributed by atoms with Crippen LogP contribution in [0.2, 0.25) is 0 Å². The number of benzene rings is 2. The highest BCUT2D eigenvalue weighted by atomic mass is 19.1. The molecular weight excluding hydrogens is 381 g/mol. The molecule has 1 unspecified atom stereocenters. The Balaban J connectivity index is 1.33. The lowest BCUT2D eigenvalue weighted by Crippen LogP contribution is -2.39. The minimum atomic E-state index is -0.304. The molecule has 6 heteroatoms. The van der Waals surface area contributed by atoms with Crippen molar-refractivity contribution in [2.45, 2.75) is 51.6 Å². The molecule has 1 aliphatic carbocycles. The van der Waals surface area contributed by atoms with Crippen molar-refractivity contribution in [3.8, 4) is 11.4 Å². The van der Waals surface area contributed by atoms with Gasteiger partial charge in [0.2, 0.25) is 17.6 Å². The zero-order valence-electron chi connectivity index (χ0n) is 17.1. The zero-order valence-corrected chi connectivity index (χ0v) is 17.1. The molecule has 1 saturated carbocycles. The van der Waals surface area contributed by atoms with Crippen LogP contribution in [0.3, 0.4) is 0 Å². The predicted octanol–water partition coefficient (Wildman–Crippen LogP) is 5.03. The first-order chi connectivity index (χ1) is 14.6. The third kappa shape index (κ3) is 5.12. The van der Waals surface area contributed by atoms with E-state index in [1.807, 2.05) is 23.1 Å². The molecule has 0 bridgehead atoms. The molecular formula is C24H26FN3O2. The van der Waals surface area contributed by atoms with Gasteiger partial charge in [-0.15, -0.1) is 0 Å². The molecule has 156 valence electrons. The lowest BCUT2D eigenvalue weighted by atomic mass is 10.1. The molecule has 3 aromatic rings. The number of aryl methyl sites for hydroxylation is 1. The van der Waals surface area contributed by atoms with Crippen molar-refractivity contribution < 1.29 is 13.7 Å². The van der Waals surface area contributed by atoms with Crippen molar-refractivity contribution >= 4 is 5.91 Å². The highest BCUT2D eigenvalue weighted by Gasteiger charge is 2.34. The first-order valence-electron chi connectivity index (χ1n) is 10.5. The quantitative estimate of drug-likeness (QED) is 0.499. The first-order valence-corrected chi connectivity index (χ1v) is 10.5. The van der Waals surface area contributed by atoms with Crippen molar-refractivity contribution in [2.24, 2.45) is 5.92 Å². The molecule has 5 nitrogen and oxygen atoms in total. The summed E-state index contributed by atoms with van der Waals surface area (Å²) in [5, 5.41) is 3.96. The van der Waals surface area contributed by atoms with Crippen LogP contribution in [0, 0.1) is 11.7 Å². The number of nitrogens with zero attached hydrogens (tertiary/aromatic N) is 3. The van der Waals surface area contributed by atoms with Crippen molar-refractivity contribution in [3.05, 3.63) is 71.9 Å². The summed E-state index contributed by atoms with van der Waals surface area (Å²) < 4.78 is 18.4. The maximum atomic E-state index is 13.1. The van der Waals surface area contributed by atoms with Crippen LogP contribution in [-0.4, -0.2) is 27.0 Å². The van der Waals surface area contributed by atoms with E-state index in [0.29, 0.717) is 49.0 Å². The van der Waals surface area contributed by atoms with Crippen molar-refractivity contribution in [1.82, 2.24) is 15.0 Å². The molecule has 30 heavy (non-hydrogen) atoms. The minimum absolute atomic E-state index is 0.163. The highest BCUT2D eigenvalue weighted by Crippen LogP contribution is 2.36. The van der Waals surface area contributed by atoms with E-state index >= 15 is 0 Å². The van der Waals surface area contributed by atoms with Crippen LogP contribution in [0.15, 0.2) is 59.1 Å². The second kappa shape index (κ2) is 9.20. The molecule has 0 spiro atoms. The number of carbonyl (C=O) groups is 1. The average molecular weight is 407 g/mol. The molecule has 1 atom stereocenters. The summed E-state index contributed by atoms with van der Waals surface area (Å²) in [5.74, 6) is 1.40. The summed E-state index contributed by atoms with van der Waals surface area (Å²) in [6.07, 6.45) is 4.03. The van der Waals surface area contributed by atoms with E-state index in [-0.39, 0.29) is 17.8 Å². The van der Waals surface area contributed by atoms with Crippen LogP contribution in [0.25, 0.3) is 11.4 Å². The van der Waals surface area contributed by atoms with Crippen molar-refractivity contribution in [2.75, 3.05) is 0 Å². The van der Waals surface area contributed by atoms with Gasteiger partial charge >= 0.3 is 0 Å². The van der Waals surface area contributed by atoms with Crippen molar-refractivity contribution in [3.63, 3.8) is 0 Å². The maximum absolute atomic E-state index is 13.1. The molecule has 0 saturated heterocycles. The largest absolute Gasteiger partial charge is 0.339 e. The molecule has 1 aromatic heterocycles. The summed E-state index contributed by atoms with van der Waals surface area (Å²) >= 11 is 0. The third-order valence-corrected chi connectivity index (χ3v) is 5.66. The van der Waals surface area contributed by atoms with Gasteiger partial charge in [0.1, 0.15) is 5.82 Å². The molecule has 1 aliphatic rings.